The van der Waals surface area contributed by atoms with Crippen molar-refractivity contribution < 1.29 is 13.2 Å². The van der Waals surface area contributed by atoms with E-state index in [9.17, 15) is 13.2 Å². The molecule has 17 heavy (non-hydrogen) atoms. The third-order valence-electron chi connectivity index (χ3n) is 2.63. The molecule has 2 rings (SSSR count). The van der Waals surface area contributed by atoms with Crippen LogP contribution in [0.25, 0.3) is 11.0 Å². The van der Waals surface area contributed by atoms with Crippen molar-refractivity contribution in [2.45, 2.75) is 19.1 Å². The Bertz CT molecular complexity index is 530. The average Bonchev–Trinajstić information content (AvgIpc) is 2.67. The normalized spacial score (nSPS) is 14.2. The summed E-state index contributed by atoms with van der Waals surface area (Å²) in [5.41, 5.74) is 6.24. The number of hydrogen-bond donors (Lipinski definition) is 1. The van der Waals surface area contributed by atoms with E-state index in [1.165, 1.54) is 0 Å². The molecule has 1 aromatic heterocycles. The topological polar surface area (TPSA) is 43.8 Å². The van der Waals surface area contributed by atoms with Gasteiger partial charge in [0.1, 0.15) is 0 Å². The molecule has 6 heteroatoms. The number of aromatic nitrogens is 2. The van der Waals surface area contributed by atoms with E-state index in [1.54, 1.807) is 31.2 Å². The lowest BCUT2D eigenvalue weighted by molar-refractivity contribution is -0.147. The van der Waals surface area contributed by atoms with Gasteiger partial charge in [0, 0.05) is 12.6 Å². The zero-order chi connectivity index (χ0) is 12.6. The lowest BCUT2D eigenvalue weighted by Gasteiger charge is -2.16. The molecule has 2 N–H and O–H groups in total. The molecule has 92 valence electrons. The van der Waals surface area contributed by atoms with Crippen LogP contribution < -0.4 is 5.73 Å². The van der Waals surface area contributed by atoms with Gasteiger partial charge in [0.25, 0.3) is 0 Å². The molecule has 0 saturated carbocycles. The van der Waals surface area contributed by atoms with Crippen molar-refractivity contribution in [2.24, 2.45) is 5.73 Å². The van der Waals surface area contributed by atoms with Crippen LogP contribution in [-0.2, 0) is 6.18 Å². The maximum atomic E-state index is 12.9. The number of imidazole rings is 1. The second-order valence-electron chi connectivity index (χ2n) is 3.88. The first-order valence-electron chi connectivity index (χ1n) is 5.19. The van der Waals surface area contributed by atoms with Crippen LogP contribution in [0.1, 0.15) is 18.8 Å². The Kier molecular flexibility index (Phi) is 2.82. The van der Waals surface area contributed by atoms with E-state index in [-0.39, 0.29) is 6.54 Å². The molecule has 0 saturated heterocycles. The first-order chi connectivity index (χ1) is 7.95. The minimum atomic E-state index is -4.47. The number of fused-ring (bicyclic) bond motifs is 1. The molecule has 0 fully saturated rings. The summed E-state index contributed by atoms with van der Waals surface area (Å²) >= 11 is 0. The van der Waals surface area contributed by atoms with Crippen LogP contribution >= 0.6 is 0 Å². The summed E-state index contributed by atoms with van der Waals surface area (Å²) in [7, 11) is 0. The van der Waals surface area contributed by atoms with Gasteiger partial charge in [-0.1, -0.05) is 12.1 Å². The average molecular weight is 243 g/mol. The summed E-state index contributed by atoms with van der Waals surface area (Å²) in [5, 5.41) is 0. The van der Waals surface area contributed by atoms with Crippen molar-refractivity contribution >= 4 is 11.0 Å². The van der Waals surface area contributed by atoms with Gasteiger partial charge in [0.05, 0.1) is 11.0 Å². The van der Waals surface area contributed by atoms with Gasteiger partial charge in [-0.05, 0) is 19.1 Å². The van der Waals surface area contributed by atoms with Gasteiger partial charge in [-0.25, -0.2) is 4.98 Å². The monoisotopic (exact) mass is 243 g/mol. The van der Waals surface area contributed by atoms with E-state index in [2.05, 4.69) is 4.98 Å². The Morgan fingerprint density at radius 3 is 2.59 bits per heavy atom. The minimum absolute atomic E-state index is 0.128. The Hall–Kier alpha value is -1.56. The Morgan fingerprint density at radius 1 is 1.35 bits per heavy atom. The van der Waals surface area contributed by atoms with Crippen molar-refractivity contribution in [1.82, 2.24) is 9.55 Å². The highest BCUT2D eigenvalue weighted by molar-refractivity contribution is 5.76. The number of benzene rings is 1. The molecule has 0 radical (unpaired) electrons. The molecule has 0 bridgehead atoms. The quantitative estimate of drug-likeness (QED) is 0.881. The molecule has 0 amide bonds. The molecular formula is C11H12F3N3. The predicted molar refractivity (Wildman–Crippen MR) is 58.5 cm³/mol. The van der Waals surface area contributed by atoms with Gasteiger partial charge in [0.2, 0.25) is 5.82 Å². The highest BCUT2D eigenvalue weighted by Crippen LogP contribution is 2.33. The second kappa shape index (κ2) is 4.03. The summed E-state index contributed by atoms with van der Waals surface area (Å²) in [6, 6.07) is 6.07. The van der Waals surface area contributed by atoms with E-state index in [0.29, 0.717) is 11.0 Å². The van der Waals surface area contributed by atoms with Crippen molar-refractivity contribution in [2.75, 3.05) is 6.54 Å². The molecule has 0 aliphatic carbocycles. The summed E-state index contributed by atoms with van der Waals surface area (Å²) in [5.74, 6) is -0.892. The molecule has 0 aliphatic rings. The number of rotatable bonds is 2. The van der Waals surface area contributed by atoms with E-state index in [4.69, 9.17) is 5.73 Å². The van der Waals surface area contributed by atoms with Gasteiger partial charge in [-0.2, -0.15) is 13.2 Å². The maximum Gasteiger partial charge on any atom is 0.449 e. The number of halogens is 3. The summed E-state index contributed by atoms with van der Waals surface area (Å²) < 4.78 is 39.7. The molecule has 3 nitrogen and oxygen atoms in total. The molecule has 1 aromatic carbocycles. The second-order valence-corrected chi connectivity index (χ2v) is 3.88. The van der Waals surface area contributed by atoms with E-state index in [1.807, 2.05) is 0 Å². The summed E-state index contributed by atoms with van der Waals surface area (Å²) in [4.78, 5) is 3.64. The van der Waals surface area contributed by atoms with Crippen LogP contribution in [0.15, 0.2) is 24.3 Å². The molecule has 1 heterocycles. The Balaban J connectivity index is 2.74. The maximum absolute atomic E-state index is 12.9. The molecule has 1 unspecified atom stereocenters. The Morgan fingerprint density at radius 2 is 2.00 bits per heavy atom. The number of hydrogen-bond acceptors (Lipinski definition) is 2. The summed E-state index contributed by atoms with van der Waals surface area (Å²) in [6.45, 7) is 1.77. The third-order valence-corrected chi connectivity index (χ3v) is 2.63. The van der Waals surface area contributed by atoms with Crippen LogP contribution in [0, 0.1) is 0 Å². The Labute approximate surface area is 96.0 Å². The van der Waals surface area contributed by atoms with Gasteiger partial charge >= 0.3 is 6.18 Å². The molecule has 1 atom stereocenters. The minimum Gasteiger partial charge on any atom is -0.328 e. The molecule has 2 aromatic rings. The first-order valence-corrected chi connectivity index (χ1v) is 5.19. The van der Waals surface area contributed by atoms with Crippen molar-refractivity contribution in [3.8, 4) is 0 Å². The van der Waals surface area contributed by atoms with Crippen molar-refractivity contribution in [1.29, 1.82) is 0 Å². The fourth-order valence-corrected chi connectivity index (χ4v) is 1.80. The summed E-state index contributed by atoms with van der Waals surface area (Å²) in [6.07, 6.45) is -4.47. The third kappa shape index (κ3) is 2.00. The zero-order valence-electron chi connectivity index (χ0n) is 9.20. The molecule has 0 aliphatic heterocycles. The van der Waals surface area contributed by atoms with E-state index < -0.39 is 18.0 Å². The molecular weight excluding hydrogens is 231 g/mol. The highest BCUT2D eigenvalue weighted by atomic mass is 19.4. The highest BCUT2D eigenvalue weighted by Gasteiger charge is 2.38. The van der Waals surface area contributed by atoms with E-state index in [0.717, 1.165) is 4.57 Å². The lowest BCUT2D eigenvalue weighted by atomic mass is 10.2. The van der Waals surface area contributed by atoms with Crippen LogP contribution in [-0.4, -0.2) is 16.1 Å². The number of alkyl halides is 3. The number of nitrogens with zero attached hydrogens (tertiary/aromatic N) is 2. The van der Waals surface area contributed by atoms with Crippen molar-refractivity contribution in [3.05, 3.63) is 30.1 Å². The van der Waals surface area contributed by atoms with Gasteiger partial charge in [-0.15, -0.1) is 0 Å². The standard InChI is InChI=1S/C11H12F3N3/c1-7(6-15)17-9-5-3-2-4-8(9)16-10(17)11(12,13)14/h2-5,7H,6,15H2,1H3. The van der Waals surface area contributed by atoms with Crippen LogP contribution in [0.5, 0.6) is 0 Å². The first kappa shape index (κ1) is 11.9. The van der Waals surface area contributed by atoms with Crippen molar-refractivity contribution in [3.63, 3.8) is 0 Å². The van der Waals surface area contributed by atoms with Crippen LogP contribution in [0.4, 0.5) is 13.2 Å². The van der Waals surface area contributed by atoms with Gasteiger partial charge in [0.15, 0.2) is 0 Å². The van der Waals surface area contributed by atoms with Crippen LogP contribution in [0.2, 0.25) is 0 Å². The SMILES string of the molecule is CC(CN)n1c(C(F)(F)F)nc2ccccc21. The zero-order valence-corrected chi connectivity index (χ0v) is 9.20. The van der Waals surface area contributed by atoms with Gasteiger partial charge in [-0.3, -0.25) is 0 Å². The largest absolute Gasteiger partial charge is 0.449 e. The fourth-order valence-electron chi connectivity index (χ4n) is 1.80. The smallest absolute Gasteiger partial charge is 0.328 e. The number of para-hydroxylation sites is 2. The fraction of sp³-hybridized carbons (Fsp3) is 0.364. The van der Waals surface area contributed by atoms with Crippen LogP contribution in [0.3, 0.4) is 0 Å². The molecule has 0 spiro atoms. The van der Waals surface area contributed by atoms with E-state index >= 15 is 0 Å². The number of nitrogens with two attached hydrogens (primary N) is 1. The predicted octanol–water partition coefficient (Wildman–Crippen LogP) is 2.57. The lowest BCUT2D eigenvalue weighted by Crippen LogP contribution is -2.22. The van der Waals surface area contributed by atoms with Gasteiger partial charge < -0.3 is 10.3 Å².